The Morgan fingerprint density at radius 3 is 2.29 bits per heavy atom. The summed E-state index contributed by atoms with van der Waals surface area (Å²) in [5.74, 6) is -0.197. The third-order valence-electron chi connectivity index (χ3n) is 3.79. The van der Waals surface area contributed by atoms with Crippen LogP contribution in [0.1, 0.15) is 32.6 Å². The summed E-state index contributed by atoms with van der Waals surface area (Å²) >= 11 is 0. The lowest BCUT2D eigenvalue weighted by Crippen LogP contribution is -2.51. The Bertz CT molecular complexity index is 605. The van der Waals surface area contributed by atoms with Gasteiger partial charge in [-0.2, -0.15) is 0 Å². The molecule has 116 valence electrons. The number of sulfonamides is 1. The molecule has 1 aliphatic rings. The molecule has 1 aliphatic carbocycles. The predicted octanol–water partition coefficient (Wildman–Crippen LogP) is 1.19. The van der Waals surface area contributed by atoms with Crippen molar-refractivity contribution in [3.63, 3.8) is 0 Å². The Labute approximate surface area is 125 Å². The number of hydrogen-bond donors (Lipinski definition) is 3. The standard InChI is InChI=1S/C14H21N3O3S/c1-11(18)16-12-4-6-13(7-5-12)21(19,20)17-14(10-15)8-2-3-9-14/h4-7,17H,2-3,8-10,15H2,1H3,(H,16,18). The largest absolute Gasteiger partial charge is 0.329 e. The first-order valence-electron chi connectivity index (χ1n) is 6.99. The molecule has 1 saturated carbocycles. The van der Waals surface area contributed by atoms with Crippen molar-refractivity contribution in [1.29, 1.82) is 0 Å². The van der Waals surface area contributed by atoms with Crippen LogP contribution in [0.3, 0.4) is 0 Å². The zero-order chi connectivity index (χ0) is 15.5. The van der Waals surface area contributed by atoms with E-state index in [1.807, 2.05) is 0 Å². The molecule has 0 unspecified atom stereocenters. The van der Waals surface area contributed by atoms with Gasteiger partial charge in [-0.15, -0.1) is 0 Å². The van der Waals surface area contributed by atoms with E-state index in [1.165, 1.54) is 19.1 Å². The average Bonchev–Trinajstić information content (AvgIpc) is 2.87. The molecule has 0 radical (unpaired) electrons. The molecule has 1 amide bonds. The number of nitrogens with two attached hydrogens (primary N) is 1. The molecule has 1 fully saturated rings. The van der Waals surface area contributed by atoms with Crippen LogP contribution >= 0.6 is 0 Å². The van der Waals surface area contributed by atoms with Crippen LogP contribution in [-0.4, -0.2) is 26.4 Å². The zero-order valence-corrected chi connectivity index (χ0v) is 12.9. The highest BCUT2D eigenvalue weighted by Gasteiger charge is 2.36. The van der Waals surface area contributed by atoms with Crippen LogP contribution in [0.5, 0.6) is 0 Å². The minimum absolute atomic E-state index is 0.177. The second-order valence-corrected chi connectivity index (χ2v) is 7.19. The van der Waals surface area contributed by atoms with Crippen LogP contribution in [0, 0.1) is 0 Å². The Balaban J connectivity index is 2.17. The van der Waals surface area contributed by atoms with E-state index in [-0.39, 0.29) is 10.8 Å². The van der Waals surface area contributed by atoms with Crippen molar-refractivity contribution in [2.45, 2.75) is 43.0 Å². The molecule has 1 aromatic rings. The first-order chi connectivity index (χ1) is 9.87. The number of amides is 1. The molecule has 4 N–H and O–H groups in total. The van der Waals surface area contributed by atoms with E-state index in [9.17, 15) is 13.2 Å². The summed E-state index contributed by atoms with van der Waals surface area (Å²) in [6.07, 6.45) is 3.52. The van der Waals surface area contributed by atoms with Gasteiger partial charge in [-0.25, -0.2) is 13.1 Å². The van der Waals surface area contributed by atoms with Gasteiger partial charge in [0.25, 0.3) is 0 Å². The van der Waals surface area contributed by atoms with Crippen LogP contribution in [0.2, 0.25) is 0 Å². The zero-order valence-electron chi connectivity index (χ0n) is 12.1. The quantitative estimate of drug-likeness (QED) is 0.760. The highest BCUT2D eigenvalue weighted by Crippen LogP contribution is 2.30. The van der Waals surface area contributed by atoms with Crippen molar-refractivity contribution in [2.24, 2.45) is 5.73 Å². The van der Waals surface area contributed by atoms with Crippen molar-refractivity contribution in [3.8, 4) is 0 Å². The summed E-state index contributed by atoms with van der Waals surface area (Å²) in [6.45, 7) is 1.70. The second-order valence-electron chi connectivity index (χ2n) is 5.50. The number of nitrogens with one attached hydrogen (secondary N) is 2. The number of benzene rings is 1. The molecule has 7 heteroatoms. The van der Waals surface area contributed by atoms with Crippen LogP contribution in [0.4, 0.5) is 5.69 Å². The van der Waals surface area contributed by atoms with Gasteiger partial charge >= 0.3 is 0 Å². The highest BCUT2D eigenvalue weighted by atomic mass is 32.2. The lowest BCUT2D eigenvalue weighted by atomic mass is 10.0. The van der Waals surface area contributed by atoms with E-state index in [4.69, 9.17) is 5.73 Å². The molecule has 21 heavy (non-hydrogen) atoms. The van der Waals surface area contributed by atoms with Crippen LogP contribution in [0.25, 0.3) is 0 Å². The Morgan fingerprint density at radius 2 is 1.81 bits per heavy atom. The molecule has 0 heterocycles. The van der Waals surface area contributed by atoms with Crippen molar-refractivity contribution in [1.82, 2.24) is 4.72 Å². The van der Waals surface area contributed by atoms with Gasteiger partial charge in [0.2, 0.25) is 15.9 Å². The maximum Gasteiger partial charge on any atom is 0.241 e. The van der Waals surface area contributed by atoms with Crippen LogP contribution in [-0.2, 0) is 14.8 Å². The summed E-state index contributed by atoms with van der Waals surface area (Å²) in [5.41, 5.74) is 5.81. The summed E-state index contributed by atoms with van der Waals surface area (Å²) in [4.78, 5) is 11.1. The summed E-state index contributed by atoms with van der Waals surface area (Å²) in [7, 11) is -3.60. The number of carbonyl (C=O) groups excluding carboxylic acids is 1. The van der Waals surface area contributed by atoms with Crippen LogP contribution < -0.4 is 15.8 Å². The predicted molar refractivity (Wildman–Crippen MR) is 81.3 cm³/mol. The fraction of sp³-hybridized carbons (Fsp3) is 0.500. The molecule has 6 nitrogen and oxygen atoms in total. The number of anilines is 1. The van der Waals surface area contributed by atoms with E-state index in [0.717, 1.165) is 25.7 Å². The fourth-order valence-electron chi connectivity index (χ4n) is 2.66. The van der Waals surface area contributed by atoms with Gasteiger partial charge < -0.3 is 11.1 Å². The van der Waals surface area contributed by atoms with Gasteiger partial charge in [-0.05, 0) is 37.1 Å². The molecule has 1 aromatic carbocycles. The third-order valence-corrected chi connectivity index (χ3v) is 5.38. The number of rotatable bonds is 5. The SMILES string of the molecule is CC(=O)Nc1ccc(S(=O)(=O)NC2(CN)CCCC2)cc1. The van der Waals surface area contributed by atoms with Gasteiger partial charge in [0.15, 0.2) is 0 Å². The van der Waals surface area contributed by atoms with Crippen molar-refractivity contribution < 1.29 is 13.2 Å². The molecular weight excluding hydrogens is 290 g/mol. The molecule has 0 saturated heterocycles. The Morgan fingerprint density at radius 1 is 1.24 bits per heavy atom. The maximum atomic E-state index is 12.4. The topological polar surface area (TPSA) is 101 Å². The Hall–Kier alpha value is -1.44. The van der Waals surface area contributed by atoms with Crippen LogP contribution in [0.15, 0.2) is 29.2 Å². The lowest BCUT2D eigenvalue weighted by Gasteiger charge is -2.28. The number of hydrogen-bond acceptors (Lipinski definition) is 4. The smallest absolute Gasteiger partial charge is 0.241 e. The summed E-state index contributed by atoms with van der Waals surface area (Å²) in [6, 6.07) is 6.10. The van der Waals surface area contributed by atoms with E-state index < -0.39 is 15.6 Å². The first-order valence-corrected chi connectivity index (χ1v) is 8.47. The molecule has 2 rings (SSSR count). The van der Waals surface area contributed by atoms with E-state index in [2.05, 4.69) is 10.0 Å². The molecule has 0 bridgehead atoms. The lowest BCUT2D eigenvalue weighted by molar-refractivity contribution is -0.114. The molecule has 0 aliphatic heterocycles. The van der Waals surface area contributed by atoms with Crippen molar-refractivity contribution >= 4 is 21.6 Å². The normalized spacial score (nSPS) is 17.6. The fourth-order valence-corrected chi connectivity index (χ4v) is 4.13. The average molecular weight is 311 g/mol. The first kappa shape index (κ1) is 15.9. The molecule has 0 spiro atoms. The van der Waals surface area contributed by atoms with Gasteiger partial charge in [0, 0.05) is 24.7 Å². The van der Waals surface area contributed by atoms with Gasteiger partial charge in [0.1, 0.15) is 0 Å². The van der Waals surface area contributed by atoms with E-state index in [1.54, 1.807) is 12.1 Å². The molecular formula is C14H21N3O3S. The maximum absolute atomic E-state index is 12.4. The van der Waals surface area contributed by atoms with Crippen molar-refractivity contribution in [2.75, 3.05) is 11.9 Å². The molecule has 0 atom stereocenters. The van der Waals surface area contributed by atoms with E-state index >= 15 is 0 Å². The Kier molecular flexibility index (Phi) is 4.65. The minimum Gasteiger partial charge on any atom is -0.329 e. The summed E-state index contributed by atoms with van der Waals surface area (Å²) < 4.78 is 27.6. The second kappa shape index (κ2) is 6.13. The van der Waals surface area contributed by atoms with Gasteiger partial charge in [-0.3, -0.25) is 4.79 Å². The summed E-state index contributed by atoms with van der Waals surface area (Å²) in [5, 5.41) is 2.60. The highest BCUT2D eigenvalue weighted by molar-refractivity contribution is 7.89. The van der Waals surface area contributed by atoms with Crippen molar-refractivity contribution in [3.05, 3.63) is 24.3 Å². The third kappa shape index (κ3) is 3.81. The molecule has 0 aromatic heterocycles. The minimum atomic E-state index is -3.60. The number of carbonyl (C=O) groups is 1. The van der Waals surface area contributed by atoms with Gasteiger partial charge in [0.05, 0.1) is 4.90 Å². The monoisotopic (exact) mass is 311 g/mol. The van der Waals surface area contributed by atoms with Gasteiger partial charge in [-0.1, -0.05) is 12.8 Å². The van der Waals surface area contributed by atoms with E-state index in [0.29, 0.717) is 12.2 Å².